The van der Waals surface area contributed by atoms with Crippen LogP contribution in [0.3, 0.4) is 0 Å². The molecule has 0 amide bonds. The zero-order chi connectivity index (χ0) is 10.6. The minimum atomic E-state index is -0.392. The number of rotatable bonds is 4. The Hall–Kier alpha value is -0.770. The molecule has 0 saturated heterocycles. The van der Waals surface area contributed by atoms with Crippen molar-refractivity contribution in [2.45, 2.75) is 19.6 Å². The second-order valence-corrected chi connectivity index (χ2v) is 3.69. The van der Waals surface area contributed by atoms with Crippen LogP contribution < -0.4 is 5.32 Å². The minimum Gasteiger partial charge on any atom is -0.508 e. The van der Waals surface area contributed by atoms with Gasteiger partial charge < -0.3 is 15.5 Å². The highest BCUT2D eigenvalue weighted by Crippen LogP contribution is 2.20. The molecule has 0 radical (unpaired) electrons. The molecule has 0 spiro atoms. The molecule has 3 nitrogen and oxygen atoms in total. The van der Waals surface area contributed by atoms with Gasteiger partial charge in [-0.15, -0.1) is 0 Å². The summed E-state index contributed by atoms with van der Waals surface area (Å²) in [4.78, 5) is 0. The highest BCUT2D eigenvalue weighted by atomic mass is 35.5. The Bertz CT molecular complexity index is 302. The average Bonchev–Trinajstić information content (AvgIpc) is 2.10. The van der Waals surface area contributed by atoms with Crippen molar-refractivity contribution in [3.63, 3.8) is 0 Å². The lowest BCUT2D eigenvalue weighted by molar-refractivity contribution is 0.191. The average molecular weight is 216 g/mol. The summed E-state index contributed by atoms with van der Waals surface area (Å²) in [5.74, 6) is 0.215. The Kier molecular flexibility index (Phi) is 4.20. The molecule has 0 heterocycles. The SMILES string of the molecule is CC(O)CNCc1cc(Cl)ccc1O. The van der Waals surface area contributed by atoms with Gasteiger partial charge in [-0.3, -0.25) is 0 Å². The molecular weight excluding hydrogens is 202 g/mol. The summed E-state index contributed by atoms with van der Waals surface area (Å²) in [6.45, 7) is 2.69. The molecule has 1 atom stereocenters. The zero-order valence-corrected chi connectivity index (χ0v) is 8.75. The standard InChI is InChI=1S/C10H14ClNO2/c1-7(13)5-12-6-8-4-9(11)2-3-10(8)14/h2-4,7,12-14H,5-6H2,1H3. The molecule has 0 aliphatic rings. The fraction of sp³-hybridized carbons (Fsp3) is 0.400. The van der Waals surface area contributed by atoms with Gasteiger partial charge >= 0.3 is 0 Å². The monoisotopic (exact) mass is 215 g/mol. The fourth-order valence-electron chi connectivity index (χ4n) is 1.11. The number of aliphatic hydroxyl groups is 1. The van der Waals surface area contributed by atoms with Gasteiger partial charge in [0.25, 0.3) is 0 Å². The van der Waals surface area contributed by atoms with Gasteiger partial charge in [-0.05, 0) is 25.1 Å². The van der Waals surface area contributed by atoms with Crippen LogP contribution in [0.2, 0.25) is 5.02 Å². The molecule has 0 aromatic heterocycles. The first-order valence-electron chi connectivity index (χ1n) is 4.46. The summed E-state index contributed by atoms with van der Waals surface area (Å²) in [5.41, 5.74) is 0.734. The Labute approximate surface area is 88.3 Å². The number of aromatic hydroxyl groups is 1. The number of phenols is 1. The Morgan fingerprint density at radius 2 is 2.21 bits per heavy atom. The lowest BCUT2D eigenvalue weighted by atomic mass is 10.2. The van der Waals surface area contributed by atoms with Crippen molar-refractivity contribution in [2.75, 3.05) is 6.54 Å². The first kappa shape index (κ1) is 11.3. The van der Waals surface area contributed by atoms with Crippen molar-refractivity contribution in [1.29, 1.82) is 0 Å². The van der Waals surface area contributed by atoms with Gasteiger partial charge in [-0.25, -0.2) is 0 Å². The Balaban J connectivity index is 2.53. The van der Waals surface area contributed by atoms with Crippen LogP contribution in [0.4, 0.5) is 0 Å². The molecule has 78 valence electrons. The van der Waals surface area contributed by atoms with Crippen molar-refractivity contribution in [3.8, 4) is 5.75 Å². The molecule has 1 unspecified atom stereocenters. The summed E-state index contributed by atoms with van der Waals surface area (Å²) in [7, 11) is 0. The topological polar surface area (TPSA) is 52.5 Å². The number of hydrogen-bond donors (Lipinski definition) is 3. The Morgan fingerprint density at radius 3 is 2.86 bits per heavy atom. The van der Waals surface area contributed by atoms with E-state index in [-0.39, 0.29) is 5.75 Å². The van der Waals surface area contributed by atoms with Gasteiger partial charge in [-0.1, -0.05) is 11.6 Å². The van der Waals surface area contributed by atoms with Crippen LogP contribution in [0.25, 0.3) is 0 Å². The maximum atomic E-state index is 9.44. The molecule has 0 saturated carbocycles. The quantitative estimate of drug-likeness (QED) is 0.714. The molecule has 1 rings (SSSR count). The van der Waals surface area contributed by atoms with Crippen LogP contribution in [0.5, 0.6) is 5.75 Å². The zero-order valence-electron chi connectivity index (χ0n) is 8.00. The number of benzene rings is 1. The fourth-order valence-corrected chi connectivity index (χ4v) is 1.31. The summed E-state index contributed by atoms with van der Waals surface area (Å²) in [6.07, 6.45) is -0.392. The molecule has 0 bridgehead atoms. The van der Waals surface area contributed by atoms with Crippen molar-refractivity contribution < 1.29 is 10.2 Å². The van der Waals surface area contributed by atoms with Crippen molar-refractivity contribution in [3.05, 3.63) is 28.8 Å². The summed E-state index contributed by atoms with van der Waals surface area (Å²) in [5, 5.41) is 22.0. The molecule has 0 fully saturated rings. The molecule has 0 aliphatic heterocycles. The molecule has 14 heavy (non-hydrogen) atoms. The van der Waals surface area contributed by atoms with E-state index in [0.29, 0.717) is 18.1 Å². The van der Waals surface area contributed by atoms with E-state index in [9.17, 15) is 5.11 Å². The number of hydrogen-bond acceptors (Lipinski definition) is 3. The van der Waals surface area contributed by atoms with Gasteiger partial charge in [0.2, 0.25) is 0 Å². The number of nitrogens with one attached hydrogen (secondary N) is 1. The largest absolute Gasteiger partial charge is 0.508 e. The van der Waals surface area contributed by atoms with Gasteiger partial charge in [0, 0.05) is 23.7 Å². The van der Waals surface area contributed by atoms with Crippen molar-refractivity contribution in [1.82, 2.24) is 5.32 Å². The molecule has 0 aliphatic carbocycles. The highest BCUT2D eigenvalue weighted by molar-refractivity contribution is 6.30. The van der Waals surface area contributed by atoms with Crippen LogP contribution in [0.1, 0.15) is 12.5 Å². The molecule has 3 N–H and O–H groups in total. The van der Waals surface area contributed by atoms with Gasteiger partial charge in [0.05, 0.1) is 6.10 Å². The van der Waals surface area contributed by atoms with Crippen LogP contribution in [-0.4, -0.2) is 22.9 Å². The third-order valence-corrected chi connectivity index (χ3v) is 2.03. The van der Waals surface area contributed by atoms with E-state index in [0.717, 1.165) is 5.56 Å². The lowest BCUT2D eigenvalue weighted by Crippen LogP contribution is -2.23. The lowest BCUT2D eigenvalue weighted by Gasteiger charge is -2.08. The van der Waals surface area contributed by atoms with Crippen LogP contribution in [0, 0.1) is 0 Å². The van der Waals surface area contributed by atoms with E-state index in [4.69, 9.17) is 16.7 Å². The third-order valence-electron chi connectivity index (χ3n) is 1.80. The predicted octanol–water partition coefficient (Wildman–Crippen LogP) is 1.52. The van der Waals surface area contributed by atoms with E-state index < -0.39 is 6.10 Å². The number of aliphatic hydroxyl groups excluding tert-OH is 1. The molecular formula is C10H14ClNO2. The predicted molar refractivity (Wildman–Crippen MR) is 56.5 cm³/mol. The first-order chi connectivity index (χ1) is 6.59. The minimum absolute atomic E-state index is 0.215. The van der Waals surface area contributed by atoms with Crippen molar-refractivity contribution in [2.24, 2.45) is 0 Å². The summed E-state index contributed by atoms with van der Waals surface area (Å²) < 4.78 is 0. The van der Waals surface area contributed by atoms with Gasteiger partial charge in [0.1, 0.15) is 5.75 Å². The van der Waals surface area contributed by atoms with E-state index in [1.165, 1.54) is 0 Å². The molecule has 4 heteroatoms. The highest BCUT2D eigenvalue weighted by Gasteiger charge is 2.02. The maximum Gasteiger partial charge on any atom is 0.120 e. The van der Waals surface area contributed by atoms with Crippen LogP contribution in [-0.2, 0) is 6.54 Å². The van der Waals surface area contributed by atoms with Crippen LogP contribution >= 0.6 is 11.6 Å². The van der Waals surface area contributed by atoms with Gasteiger partial charge in [-0.2, -0.15) is 0 Å². The number of phenolic OH excluding ortho intramolecular Hbond substituents is 1. The van der Waals surface area contributed by atoms with Gasteiger partial charge in [0.15, 0.2) is 0 Å². The molecule has 1 aromatic carbocycles. The Morgan fingerprint density at radius 1 is 1.50 bits per heavy atom. The first-order valence-corrected chi connectivity index (χ1v) is 4.83. The van der Waals surface area contributed by atoms with E-state index >= 15 is 0 Å². The summed E-state index contributed by atoms with van der Waals surface area (Å²) in [6, 6.07) is 4.89. The summed E-state index contributed by atoms with van der Waals surface area (Å²) >= 11 is 5.77. The van der Waals surface area contributed by atoms with E-state index in [2.05, 4.69) is 5.32 Å². The maximum absolute atomic E-state index is 9.44. The second-order valence-electron chi connectivity index (χ2n) is 3.25. The normalized spacial score (nSPS) is 12.8. The molecule has 1 aromatic rings. The second kappa shape index (κ2) is 5.20. The number of halogens is 1. The third kappa shape index (κ3) is 3.54. The van der Waals surface area contributed by atoms with Crippen LogP contribution in [0.15, 0.2) is 18.2 Å². The van der Waals surface area contributed by atoms with E-state index in [1.807, 2.05) is 0 Å². The smallest absolute Gasteiger partial charge is 0.120 e. The van der Waals surface area contributed by atoms with E-state index in [1.54, 1.807) is 25.1 Å². The van der Waals surface area contributed by atoms with Crippen molar-refractivity contribution >= 4 is 11.6 Å².